The van der Waals surface area contributed by atoms with E-state index in [0.29, 0.717) is 0 Å². The molecule has 0 spiro atoms. The van der Waals surface area contributed by atoms with Gasteiger partial charge in [0.05, 0.1) is 16.8 Å². The van der Waals surface area contributed by atoms with Crippen LogP contribution < -0.4 is 10.5 Å². The van der Waals surface area contributed by atoms with Gasteiger partial charge in [-0.3, -0.25) is 19.9 Å². The van der Waals surface area contributed by atoms with Crippen LogP contribution in [0.1, 0.15) is 0 Å². The zero-order chi connectivity index (χ0) is 14.0. The molecule has 19 heavy (non-hydrogen) atoms. The van der Waals surface area contributed by atoms with Gasteiger partial charge in [-0.25, -0.2) is 8.42 Å². The summed E-state index contributed by atoms with van der Waals surface area (Å²) in [5, 5.41) is 16.9. The van der Waals surface area contributed by atoms with Crippen molar-refractivity contribution in [3.8, 4) is 0 Å². The van der Waals surface area contributed by atoms with Crippen LogP contribution in [-0.4, -0.2) is 23.5 Å². The summed E-state index contributed by atoms with van der Waals surface area (Å²) in [5.41, 5.74) is 4.73. The molecule has 0 bridgehead atoms. The first-order chi connectivity index (χ1) is 8.92. The molecule has 2 rings (SSSR count). The number of hydrogen-bond acceptors (Lipinski definition) is 6. The maximum Gasteiger partial charge on any atom is 0.312 e. The molecular weight excluding hydrogens is 274 g/mol. The second-order valence-corrected chi connectivity index (χ2v) is 5.19. The van der Waals surface area contributed by atoms with Gasteiger partial charge < -0.3 is 5.73 Å². The van der Waals surface area contributed by atoms with E-state index >= 15 is 0 Å². The average Bonchev–Trinajstić information content (AvgIpc) is 2.80. The number of rotatable bonds is 4. The first kappa shape index (κ1) is 12.8. The summed E-state index contributed by atoms with van der Waals surface area (Å²) in [6.07, 6.45) is 2.53. The quantitative estimate of drug-likeness (QED) is 0.428. The standard InChI is InChI=1S/C9H9N5O4S/c10-7-2-1-3-8(9(7)14(15)16)19(17,18)13-6-4-11-12-5-6/h1-5,13H,10H2,(H,11,12). The van der Waals surface area contributed by atoms with E-state index in [9.17, 15) is 18.5 Å². The first-order valence-electron chi connectivity index (χ1n) is 4.96. The molecule has 1 aromatic heterocycles. The van der Waals surface area contributed by atoms with Crippen molar-refractivity contribution in [2.24, 2.45) is 0 Å². The molecule has 0 saturated carbocycles. The van der Waals surface area contributed by atoms with Crippen LogP contribution in [0, 0.1) is 10.1 Å². The van der Waals surface area contributed by atoms with Gasteiger partial charge >= 0.3 is 5.69 Å². The van der Waals surface area contributed by atoms with E-state index < -0.39 is 25.5 Å². The van der Waals surface area contributed by atoms with E-state index in [0.717, 1.165) is 6.07 Å². The van der Waals surface area contributed by atoms with Crippen molar-refractivity contribution in [2.75, 3.05) is 10.5 Å². The molecular formula is C9H9N5O4S. The van der Waals surface area contributed by atoms with Crippen LogP contribution in [0.2, 0.25) is 0 Å². The SMILES string of the molecule is Nc1cccc(S(=O)(=O)Nc2cn[nH]c2)c1[N+](=O)[O-]. The predicted molar refractivity (Wildman–Crippen MR) is 66.9 cm³/mol. The fourth-order valence-corrected chi connectivity index (χ4v) is 2.70. The van der Waals surface area contributed by atoms with Crippen LogP contribution in [0.25, 0.3) is 0 Å². The number of sulfonamides is 1. The highest BCUT2D eigenvalue weighted by molar-refractivity contribution is 7.92. The number of nitro benzene ring substituents is 1. The number of aromatic amines is 1. The third kappa shape index (κ3) is 2.47. The summed E-state index contributed by atoms with van der Waals surface area (Å²) in [7, 11) is -4.11. The summed E-state index contributed by atoms with van der Waals surface area (Å²) < 4.78 is 26.3. The van der Waals surface area contributed by atoms with Crippen molar-refractivity contribution < 1.29 is 13.3 Å². The Hall–Kier alpha value is -2.62. The molecule has 0 aliphatic heterocycles. The van der Waals surface area contributed by atoms with Gasteiger partial charge in [0.2, 0.25) is 0 Å². The number of H-pyrrole nitrogens is 1. The fourth-order valence-electron chi connectivity index (χ4n) is 1.47. The highest BCUT2D eigenvalue weighted by Gasteiger charge is 2.28. The van der Waals surface area contributed by atoms with E-state index in [4.69, 9.17) is 5.73 Å². The number of anilines is 2. The lowest BCUT2D eigenvalue weighted by molar-refractivity contribution is -0.386. The molecule has 0 aliphatic carbocycles. The van der Waals surface area contributed by atoms with Gasteiger partial charge in [0.15, 0.2) is 4.90 Å². The third-order valence-electron chi connectivity index (χ3n) is 2.25. The van der Waals surface area contributed by atoms with Crippen LogP contribution in [-0.2, 0) is 10.0 Å². The molecule has 0 unspecified atom stereocenters. The maximum atomic E-state index is 12.1. The first-order valence-corrected chi connectivity index (χ1v) is 6.44. The molecule has 0 radical (unpaired) electrons. The average molecular weight is 283 g/mol. The van der Waals surface area contributed by atoms with Crippen molar-refractivity contribution in [1.82, 2.24) is 10.2 Å². The Labute approximate surface area is 107 Å². The van der Waals surface area contributed by atoms with Crippen molar-refractivity contribution in [2.45, 2.75) is 4.90 Å². The van der Waals surface area contributed by atoms with Gasteiger partial charge in [0.1, 0.15) is 5.69 Å². The Kier molecular flexibility index (Phi) is 3.09. The van der Waals surface area contributed by atoms with Crippen LogP contribution in [0.5, 0.6) is 0 Å². The minimum Gasteiger partial charge on any atom is -0.393 e. The molecule has 100 valence electrons. The molecule has 9 nitrogen and oxygen atoms in total. The highest BCUT2D eigenvalue weighted by atomic mass is 32.2. The van der Waals surface area contributed by atoms with E-state index in [2.05, 4.69) is 14.9 Å². The molecule has 2 aromatic rings. The van der Waals surface area contributed by atoms with Crippen molar-refractivity contribution in [3.05, 3.63) is 40.7 Å². The van der Waals surface area contributed by atoms with Crippen molar-refractivity contribution >= 4 is 27.1 Å². The topological polar surface area (TPSA) is 144 Å². The fraction of sp³-hybridized carbons (Fsp3) is 0. The molecule has 1 aromatic carbocycles. The minimum absolute atomic E-state index is 0.164. The number of aromatic nitrogens is 2. The Morgan fingerprint density at radius 1 is 1.42 bits per heavy atom. The molecule has 0 amide bonds. The molecule has 4 N–H and O–H groups in total. The molecule has 10 heteroatoms. The normalized spacial score (nSPS) is 11.2. The lowest BCUT2D eigenvalue weighted by atomic mass is 10.3. The Morgan fingerprint density at radius 3 is 2.74 bits per heavy atom. The highest BCUT2D eigenvalue weighted by Crippen LogP contribution is 2.30. The Balaban J connectivity index is 2.52. The summed E-state index contributed by atoms with van der Waals surface area (Å²) in [4.78, 5) is 9.57. The zero-order valence-electron chi connectivity index (χ0n) is 9.40. The van der Waals surface area contributed by atoms with E-state index in [-0.39, 0.29) is 11.4 Å². The van der Waals surface area contributed by atoms with E-state index in [1.807, 2.05) is 0 Å². The number of nitrogens with two attached hydrogens (primary N) is 1. The third-order valence-corrected chi connectivity index (χ3v) is 3.67. The summed E-state index contributed by atoms with van der Waals surface area (Å²) in [6.45, 7) is 0. The van der Waals surface area contributed by atoms with Gasteiger partial charge in [0, 0.05) is 6.20 Å². The van der Waals surface area contributed by atoms with Crippen LogP contribution >= 0.6 is 0 Å². The Morgan fingerprint density at radius 2 is 2.16 bits per heavy atom. The van der Waals surface area contributed by atoms with Crippen LogP contribution in [0.4, 0.5) is 17.1 Å². The minimum atomic E-state index is -4.11. The van der Waals surface area contributed by atoms with Gasteiger partial charge in [-0.05, 0) is 12.1 Å². The molecule has 0 fully saturated rings. The van der Waals surface area contributed by atoms with Gasteiger partial charge in [-0.15, -0.1) is 0 Å². The predicted octanol–water partition coefficient (Wildman–Crippen LogP) is 0.701. The smallest absolute Gasteiger partial charge is 0.312 e. The number of nitrogen functional groups attached to an aromatic ring is 1. The molecule has 0 saturated heterocycles. The zero-order valence-corrected chi connectivity index (χ0v) is 10.2. The van der Waals surface area contributed by atoms with E-state index in [1.165, 1.54) is 24.5 Å². The largest absolute Gasteiger partial charge is 0.393 e. The van der Waals surface area contributed by atoms with Crippen LogP contribution in [0.15, 0.2) is 35.5 Å². The monoisotopic (exact) mass is 283 g/mol. The number of para-hydroxylation sites is 1. The lowest BCUT2D eigenvalue weighted by Gasteiger charge is -2.07. The number of nitrogens with one attached hydrogen (secondary N) is 2. The number of nitro groups is 1. The molecule has 1 heterocycles. The number of nitrogens with zero attached hydrogens (tertiary/aromatic N) is 2. The van der Waals surface area contributed by atoms with Gasteiger partial charge in [-0.1, -0.05) is 6.07 Å². The number of benzene rings is 1. The maximum absolute atomic E-state index is 12.1. The van der Waals surface area contributed by atoms with Gasteiger partial charge in [0.25, 0.3) is 10.0 Å². The van der Waals surface area contributed by atoms with Crippen LogP contribution in [0.3, 0.4) is 0 Å². The molecule has 0 aliphatic rings. The van der Waals surface area contributed by atoms with Crippen molar-refractivity contribution in [1.29, 1.82) is 0 Å². The van der Waals surface area contributed by atoms with E-state index in [1.54, 1.807) is 0 Å². The Bertz CT molecular complexity index is 710. The number of hydrogen-bond donors (Lipinski definition) is 3. The van der Waals surface area contributed by atoms with Crippen molar-refractivity contribution in [3.63, 3.8) is 0 Å². The molecule has 0 atom stereocenters. The summed E-state index contributed by atoms with van der Waals surface area (Å²) in [6, 6.07) is 3.69. The second kappa shape index (κ2) is 4.57. The van der Waals surface area contributed by atoms with Gasteiger partial charge in [-0.2, -0.15) is 5.10 Å². The summed E-state index contributed by atoms with van der Waals surface area (Å²) >= 11 is 0. The summed E-state index contributed by atoms with van der Waals surface area (Å²) in [5.74, 6) is 0. The lowest BCUT2D eigenvalue weighted by Crippen LogP contribution is -2.15. The second-order valence-electron chi connectivity index (χ2n) is 3.54.